The highest BCUT2D eigenvalue weighted by atomic mass is 35.5. The molecule has 2 rings (SSSR count). The van der Waals surface area contributed by atoms with Crippen LogP contribution in [0.15, 0.2) is 24.3 Å². The zero-order chi connectivity index (χ0) is 19.3. The molecule has 2 atom stereocenters. The van der Waals surface area contributed by atoms with Crippen LogP contribution < -0.4 is 5.32 Å². The molecular formula is C17H19ClN2O6. The first-order valence-corrected chi connectivity index (χ1v) is 8.30. The molecule has 0 saturated carbocycles. The van der Waals surface area contributed by atoms with E-state index in [-0.39, 0.29) is 18.9 Å². The number of carbonyl (C=O) groups is 4. The number of benzene rings is 1. The minimum Gasteiger partial charge on any atom is -0.453 e. The number of halogens is 1. The smallest absolute Gasteiger partial charge is 0.413 e. The number of carbonyl (C=O) groups excluding carboxylic acids is 4. The van der Waals surface area contributed by atoms with Crippen LogP contribution in [0.3, 0.4) is 0 Å². The monoisotopic (exact) mass is 382 g/mol. The Morgan fingerprint density at radius 1 is 1.35 bits per heavy atom. The van der Waals surface area contributed by atoms with Crippen molar-refractivity contribution in [3.8, 4) is 0 Å². The van der Waals surface area contributed by atoms with Crippen molar-refractivity contribution < 1.29 is 28.7 Å². The zero-order valence-corrected chi connectivity index (χ0v) is 15.1. The lowest BCUT2D eigenvalue weighted by molar-refractivity contribution is -0.158. The molecule has 1 saturated heterocycles. The maximum Gasteiger partial charge on any atom is 0.413 e. The van der Waals surface area contributed by atoms with Gasteiger partial charge in [0.25, 0.3) is 5.91 Å². The van der Waals surface area contributed by atoms with Gasteiger partial charge in [-0.05, 0) is 18.6 Å². The van der Waals surface area contributed by atoms with Crippen LogP contribution in [-0.4, -0.2) is 48.5 Å². The van der Waals surface area contributed by atoms with E-state index in [4.69, 9.17) is 16.3 Å². The maximum atomic E-state index is 12.2. The SMILES string of the molecule is COC(=O)NC(=O)[C@H](C)OC(=O)[C@@H]1CC(=O)N(Cc2ccccc2Cl)C1. The average Bonchev–Trinajstić information content (AvgIpc) is 2.97. The van der Waals surface area contributed by atoms with E-state index in [1.54, 1.807) is 18.2 Å². The fourth-order valence-corrected chi connectivity index (χ4v) is 2.69. The van der Waals surface area contributed by atoms with Crippen molar-refractivity contribution in [3.63, 3.8) is 0 Å². The van der Waals surface area contributed by atoms with Crippen LogP contribution in [0.1, 0.15) is 18.9 Å². The summed E-state index contributed by atoms with van der Waals surface area (Å²) in [6.45, 7) is 1.79. The van der Waals surface area contributed by atoms with Gasteiger partial charge in [0.15, 0.2) is 6.10 Å². The van der Waals surface area contributed by atoms with Crippen molar-refractivity contribution in [3.05, 3.63) is 34.9 Å². The highest BCUT2D eigenvalue weighted by molar-refractivity contribution is 6.31. The Morgan fingerprint density at radius 3 is 2.69 bits per heavy atom. The van der Waals surface area contributed by atoms with Crippen LogP contribution in [0.5, 0.6) is 0 Å². The topological polar surface area (TPSA) is 102 Å². The van der Waals surface area contributed by atoms with Crippen LogP contribution in [0.4, 0.5) is 4.79 Å². The molecule has 1 aliphatic rings. The highest BCUT2D eigenvalue weighted by Gasteiger charge is 2.36. The molecule has 26 heavy (non-hydrogen) atoms. The number of hydrogen-bond acceptors (Lipinski definition) is 6. The van der Waals surface area contributed by atoms with Gasteiger partial charge in [0.2, 0.25) is 5.91 Å². The first kappa shape index (κ1) is 19.7. The molecule has 0 unspecified atom stereocenters. The molecule has 0 aromatic heterocycles. The van der Waals surface area contributed by atoms with Crippen molar-refractivity contribution in [2.45, 2.75) is 26.0 Å². The number of esters is 1. The predicted molar refractivity (Wildman–Crippen MR) is 91.1 cm³/mol. The Kier molecular flexibility index (Phi) is 6.57. The van der Waals surface area contributed by atoms with Crippen LogP contribution in [0.25, 0.3) is 0 Å². The Balaban J connectivity index is 1.91. The maximum absolute atomic E-state index is 12.2. The number of nitrogens with one attached hydrogen (secondary N) is 1. The normalized spacial score (nSPS) is 17.6. The second kappa shape index (κ2) is 8.66. The van der Waals surface area contributed by atoms with E-state index < -0.39 is 30.0 Å². The second-order valence-corrected chi connectivity index (χ2v) is 6.23. The number of rotatable bonds is 5. The molecule has 1 N–H and O–H groups in total. The van der Waals surface area contributed by atoms with E-state index in [0.29, 0.717) is 11.6 Å². The molecule has 8 nitrogen and oxygen atoms in total. The third-order valence-corrected chi connectivity index (χ3v) is 4.31. The third-order valence-electron chi connectivity index (χ3n) is 3.94. The van der Waals surface area contributed by atoms with Crippen molar-refractivity contribution in [2.75, 3.05) is 13.7 Å². The summed E-state index contributed by atoms with van der Waals surface area (Å²) in [4.78, 5) is 48.6. The van der Waals surface area contributed by atoms with Gasteiger partial charge in [0, 0.05) is 24.5 Å². The summed E-state index contributed by atoms with van der Waals surface area (Å²) in [6, 6.07) is 7.14. The summed E-state index contributed by atoms with van der Waals surface area (Å²) < 4.78 is 9.35. The molecule has 0 radical (unpaired) electrons. The molecule has 0 aliphatic carbocycles. The minimum absolute atomic E-state index is 0.00533. The van der Waals surface area contributed by atoms with Crippen LogP contribution in [-0.2, 0) is 30.4 Å². The molecule has 1 fully saturated rings. The molecule has 0 spiro atoms. The number of methoxy groups -OCH3 is 1. The van der Waals surface area contributed by atoms with Crippen molar-refractivity contribution in [1.82, 2.24) is 10.2 Å². The summed E-state index contributed by atoms with van der Waals surface area (Å²) >= 11 is 6.09. The van der Waals surface area contributed by atoms with Gasteiger partial charge < -0.3 is 14.4 Å². The number of amides is 3. The second-order valence-electron chi connectivity index (χ2n) is 5.83. The molecule has 1 aromatic carbocycles. The molecule has 1 heterocycles. The molecule has 140 valence electrons. The highest BCUT2D eigenvalue weighted by Crippen LogP contribution is 2.24. The van der Waals surface area contributed by atoms with Gasteiger partial charge in [0.1, 0.15) is 0 Å². The van der Waals surface area contributed by atoms with E-state index in [0.717, 1.165) is 12.7 Å². The van der Waals surface area contributed by atoms with Gasteiger partial charge in [-0.1, -0.05) is 29.8 Å². The first-order valence-electron chi connectivity index (χ1n) is 7.92. The predicted octanol–water partition coefficient (Wildman–Crippen LogP) is 1.50. The molecule has 0 bridgehead atoms. The van der Waals surface area contributed by atoms with E-state index in [2.05, 4.69) is 4.74 Å². The molecule has 1 aliphatic heterocycles. The number of ether oxygens (including phenoxy) is 2. The van der Waals surface area contributed by atoms with Crippen LogP contribution in [0, 0.1) is 5.92 Å². The van der Waals surface area contributed by atoms with Gasteiger partial charge in [0.05, 0.1) is 13.0 Å². The lowest BCUT2D eigenvalue weighted by Crippen LogP contribution is -2.40. The first-order chi connectivity index (χ1) is 12.3. The Hall–Kier alpha value is -2.61. The lowest BCUT2D eigenvalue weighted by atomic mass is 10.1. The number of alkyl carbamates (subject to hydrolysis) is 1. The van der Waals surface area contributed by atoms with Gasteiger partial charge in [-0.15, -0.1) is 0 Å². The molecule has 1 aromatic rings. The summed E-state index contributed by atoms with van der Waals surface area (Å²) in [7, 11) is 1.11. The van der Waals surface area contributed by atoms with Crippen LogP contribution in [0.2, 0.25) is 5.02 Å². The molecular weight excluding hydrogens is 364 g/mol. The van der Waals surface area contributed by atoms with Gasteiger partial charge in [-0.3, -0.25) is 19.7 Å². The van der Waals surface area contributed by atoms with E-state index in [9.17, 15) is 19.2 Å². The van der Waals surface area contributed by atoms with Crippen molar-refractivity contribution >= 4 is 35.5 Å². The van der Waals surface area contributed by atoms with Gasteiger partial charge >= 0.3 is 12.1 Å². The standard InChI is InChI=1S/C17H19ClN2O6/c1-10(15(22)19-17(24)25-2)26-16(23)12-7-14(21)20(9-12)8-11-5-3-4-6-13(11)18/h3-6,10,12H,7-9H2,1-2H3,(H,19,22,24)/t10-,12+/m0/s1. The summed E-state index contributed by atoms with van der Waals surface area (Å²) in [5.74, 6) is -2.35. The summed E-state index contributed by atoms with van der Waals surface area (Å²) in [5, 5.41) is 2.45. The van der Waals surface area contributed by atoms with E-state index >= 15 is 0 Å². The number of hydrogen-bond donors (Lipinski definition) is 1. The molecule has 3 amide bonds. The zero-order valence-electron chi connectivity index (χ0n) is 14.4. The van der Waals surface area contributed by atoms with E-state index in [1.165, 1.54) is 11.8 Å². The fraction of sp³-hybridized carbons (Fsp3) is 0.412. The average molecular weight is 383 g/mol. The van der Waals surface area contributed by atoms with Crippen molar-refractivity contribution in [2.24, 2.45) is 5.92 Å². The third kappa shape index (κ3) is 4.95. The summed E-state index contributed by atoms with van der Waals surface area (Å²) in [6.07, 6.45) is -2.14. The minimum atomic E-state index is -1.19. The number of imide groups is 1. The number of nitrogens with zero attached hydrogens (tertiary/aromatic N) is 1. The summed E-state index contributed by atoms with van der Waals surface area (Å²) in [5.41, 5.74) is 0.780. The lowest BCUT2D eigenvalue weighted by Gasteiger charge is -2.18. The largest absolute Gasteiger partial charge is 0.453 e. The van der Waals surface area contributed by atoms with Crippen LogP contribution >= 0.6 is 11.6 Å². The fourth-order valence-electron chi connectivity index (χ4n) is 2.49. The van der Waals surface area contributed by atoms with Gasteiger partial charge in [-0.2, -0.15) is 0 Å². The van der Waals surface area contributed by atoms with Gasteiger partial charge in [-0.25, -0.2) is 4.79 Å². The Labute approximate surface area is 155 Å². The van der Waals surface area contributed by atoms with Crippen molar-refractivity contribution in [1.29, 1.82) is 0 Å². The Bertz CT molecular complexity index is 723. The van der Waals surface area contributed by atoms with E-state index in [1.807, 2.05) is 11.4 Å². The number of likely N-dealkylation sites (tertiary alicyclic amines) is 1. The Morgan fingerprint density at radius 2 is 2.04 bits per heavy atom. The quantitative estimate of drug-likeness (QED) is 0.774. The molecule has 9 heteroatoms.